The molecule has 0 aliphatic carbocycles. The zero-order valence-electron chi connectivity index (χ0n) is 4.17. The van der Waals surface area contributed by atoms with Gasteiger partial charge in [0.1, 0.15) is 0 Å². The van der Waals surface area contributed by atoms with Crippen LogP contribution in [0.15, 0.2) is 30.3 Å². The summed E-state index contributed by atoms with van der Waals surface area (Å²) >= 11 is 2.84. The van der Waals surface area contributed by atoms with Gasteiger partial charge in [-0.05, 0) is 0 Å². The van der Waals surface area contributed by atoms with E-state index in [1.807, 2.05) is 18.2 Å². The summed E-state index contributed by atoms with van der Waals surface area (Å²) in [4.78, 5) is 0. The van der Waals surface area contributed by atoms with Gasteiger partial charge in [0.2, 0.25) is 0 Å². The molecule has 2 heteroatoms. The number of hydrogen-bond donors (Lipinski definition) is 0. The summed E-state index contributed by atoms with van der Waals surface area (Å²) in [6, 6.07) is 10.3. The Morgan fingerprint density at radius 3 is 2.12 bits per heavy atom. The first-order valence-corrected chi connectivity index (χ1v) is 5.23. The first kappa shape index (κ1) is 6.27. The average Bonchev–Trinajstić information content (AvgIpc) is 1.90. The Hall–Kier alpha value is 0.143. The molecule has 0 saturated heterocycles. The van der Waals surface area contributed by atoms with Crippen molar-refractivity contribution in [3.8, 4) is 0 Å². The van der Waals surface area contributed by atoms with Gasteiger partial charge in [-0.15, -0.1) is 0 Å². The van der Waals surface area contributed by atoms with Crippen molar-refractivity contribution in [3.63, 3.8) is 0 Å². The first-order valence-electron chi connectivity index (χ1n) is 2.28. The molecule has 0 aliphatic rings. The summed E-state index contributed by atoms with van der Waals surface area (Å²) in [5.41, 5.74) is 0. The van der Waals surface area contributed by atoms with E-state index in [4.69, 9.17) is 0 Å². The third-order valence-corrected chi connectivity index (χ3v) is 2.58. The van der Waals surface area contributed by atoms with E-state index in [1.165, 1.54) is 11.8 Å². The molecule has 0 unspecified atom stereocenters. The number of benzene rings is 1. The van der Waals surface area contributed by atoms with Crippen LogP contribution in [0.25, 0.3) is 0 Å². The molecule has 0 atom stereocenters. The third-order valence-electron chi connectivity index (χ3n) is 0.842. The molecule has 0 nitrogen and oxygen atoms in total. The van der Waals surface area contributed by atoms with Crippen LogP contribution in [0.1, 0.15) is 0 Å². The van der Waals surface area contributed by atoms with Gasteiger partial charge in [0.15, 0.2) is 0 Å². The van der Waals surface area contributed by atoms with Crippen LogP contribution in [0.4, 0.5) is 0 Å². The van der Waals surface area contributed by atoms with Gasteiger partial charge in [-0.25, -0.2) is 0 Å². The van der Waals surface area contributed by atoms with E-state index in [0.717, 1.165) is 0 Å². The van der Waals surface area contributed by atoms with Crippen LogP contribution in [-0.2, 0) is 17.3 Å². The van der Waals surface area contributed by atoms with Crippen molar-refractivity contribution >= 4 is 11.8 Å². The second-order valence-corrected chi connectivity index (χ2v) is 3.17. The Morgan fingerprint density at radius 2 is 1.75 bits per heavy atom. The van der Waals surface area contributed by atoms with Crippen molar-refractivity contribution in [1.29, 1.82) is 0 Å². The molecular weight excluding hydrogens is 206 g/mol. The molecule has 0 saturated carbocycles. The van der Waals surface area contributed by atoms with Gasteiger partial charge in [-0.1, -0.05) is 0 Å². The molecule has 0 N–H and O–H groups in total. The minimum atomic E-state index is 1.24. The zero-order valence-corrected chi connectivity index (χ0v) is 6.70. The molecule has 0 aliphatic heterocycles. The third kappa shape index (κ3) is 1.58. The van der Waals surface area contributed by atoms with E-state index >= 15 is 0 Å². The van der Waals surface area contributed by atoms with Crippen molar-refractivity contribution in [2.75, 3.05) is 0 Å². The molecule has 0 fully saturated rings. The van der Waals surface area contributed by atoms with Crippen LogP contribution in [0, 0.1) is 0 Å². The summed E-state index contributed by atoms with van der Waals surface area (Å²) in [7, 11) is 0. The van der Waals surface area contributed by atoms with Crippen LogP contribution < -0.4 is 5.30 Å². The molecule has 0 spiro atoms. The van der Waals surface area contributed by atoms with E-state index in [9.17, 15) is 0 Å². The Bertz CT molecular complexity index is 171. The normalized spacial score (nSPS) is 9.62. The summed E-state index contributed by atoms with van der Waals surface area (Å²) in [6.07, 6.45) is 0. The molecule has 0 radical (unpaired) electrons. The van der Waals surface area contributed by atoms with Crippen LogP contribution in [0.5, 0.6) is 0 Å². The number of rotatable bonds is 1. The van der Waals surface area contributed by atoms with Crippen molar-refractivity contribution in [1.82, 2.24) is 0 Å². The molecule has 0 aromatic heterocycles. The van der Waals surface area contributed by atoms with E-state index in [1.54, 1.807) is 0 Å². The van der Waals surface area contributed by atoms with E-state index in [0.29, 0.717) is 0 Å². The summed E-state index contributed by atoms with van der Waals surface area (Å²) in [5, 5.41) is 1.33. The average molecular weight is 211 g/mol. The molecule has 0 heterocycles. The van der Waals surface area contributed by atoms with Gasteiger partial charge in [-0.2, -0.15) is 0 Å². The SMILES string of the molecule is [Rh]=[P]c1ccccc1. The van der Waals surface area contributed by atoms with Crippen LogP contribution in [0.2, 0.25) is 0 Å². The topological polar surface area (TPSA) is 0 Å². The van der Waals surface area contributed by atoms with E-state index in [2.05, 4.69) is 29.5 Å². The Balaban J connectivity index is 2.99. The standard InChI is InChI=1S/C6H5P.Rh/c7-6-4-2-1-3-5-6;/h1-5H;. The Labute approximate surface area is 59.7 Å². The second kappa shape index (κ2) is 3.22. The zero-order chi connectivity index (χ0) is 5.82. The van der Waals surface area contributed by atoms with Gasteiger partial charge < -0.3 is 0 Å². The fourth-order valence-corrected chi connectivity index (χ4v) is 1.48. The van der Waals surface area contributed by atoms with E-state index in [-0.39, 0.29) is 0 Å². The Kier molecular flexibility index (Phi) is 2.53. The van der Waals surface area contributed by atoms with Gasteiger partial charge in [-0.3, -0.25) is 0 Å². The molecule has 43 valence electrons. The summed E-state index contributed by atoms with van der Waals surface area (Å²) < 4.78 is 0. The fraction of sp³-hybridized carbons (Fsp3) is 0. The van der Waals surface area contributed by atoms with Gasteiger partial charge in [0.05, 0.1) is 0 Å². The van der Waals surface area contributed by atoms with E-state index < -0.39 is 0 Å². The molecular formula is C6H5PRh. The predicted molar refractivity (Wildman–Crippen MR) is 33.0 cm³/mol. The first-order chi connectivity index (χ1) is 3.93. The van der Waals surface area contributed by atoms with Gasteiger partial charge >= 0.3 is 59.4 Å². The molecule has 0 amide bonds. The van der Waals surface area contributed by atoms with Crippen molar-refractivity contribution in [3.05, 3.63) is 30.3 Å². The molecule has 8 heavy (non-hydrogen) atoms. The quantitative estimate of drug-likeness (QED) is 0.490. The molecule has 1 aromatic rings. The monoisotopic (exact) mass is 211 g/mol. The summed E-state index contributed by atoms with van der Waals surface area (Å²) in [6.45, 7) is 1.24. The molecule has 1 rings (SSSR count). The number of hydrogen-bond acceptors (Lipinski definition) is 0. The molecule has 1 aromatic carbocycles. The predicted octanol–water partition coefficient (Wildman–Crippen LogP) is 1.72. The maximum absolute atomic E-state index is 2.84. The van der Waals surface area contributed by atoms with Gasteiger partial charge in [0, 0.05) is 0 Å². The van der Waals surface area contributed by atoms with Crippen LogP contribution in [0.3, 0.4) is 0 Å². The Morgan fingerprint density at radius 1 is 1.12 bits per heavy atom. The second-order valence-electron chi connectivity index (χ2n) is 1.41. The minimum absolute atomic E-state index is 1.24. The fourth-order valence-electron chi connectivity index (χ4n) is 0.478. The van der Waals surface area contributed by atoms with Crippen molar-refractivity contribution in [2.24, 2.45) is 0 Å². The van der Waals surface area contributed by atoms with Gasteiger partial charge in [0.25, 0.3) is 0 Å². The molecule has 0 bridgehead atoms. The van der Waals surface area contributed by atoms with Crippen LogP contribution >= 0.6 is 6.46 Å². The van der Waals surface area contributed by atoms with Crippen LogP contribution in [-0.4, -0.2) is 0 Å². The maximum atomic E-state index is 2.84. The summed E-state index contributed by atoms with van der Waals surface area (Å²) in [5.74, 6) is 0. The van der Waals surface area contributed by atoms with Crippen molar-refractivity contribution < 1.29 is 17.3 Å². The van der Waals surface area contributed by atoms with Crippen molar-refractivity contribution in [2.45, 2.75) is 0 Å².